The number of anilines is 1. The van der Waals surface area contributed by atoms with Gasteiger partial charge in [-0.2, -0.15) is 0 Å². The van der Waals surface area contributed by atoms with Crippen LogP contribution in [-0.2, 0) is 12.2 Å². The summed E-state index contributed by atoms with van der Waals surface area (Å²) in [5, 5.41) is 15.9. The largest absolute Gasteiger partial charge is 0.496 e. The van der Waals surface area contributed by atoms with Gasteiger partial charge in [0.25, 0.3) is 0 Å². The number of halogens is 2. The standard InChI is InChI=1S/C29H27ClFN3O5/c1-36-23-6-3-7-24(37-2)25(23)26-19(27(39-33-26)17-8-9-17)14-38-18-10-11-20(21(30)13-18)29(35)15-34(16-29)28-22(31)5-4-12-32-28/h3-7,10-13,17,35H,8-9,14-16H2,1-2H3. The van der Waals surface area contributed by atoms with Gasteiger partial charge in [-0.15, -0.1) is 0 Å². The van der Waals surface area contributed by atoms with E-state index >= 15 is 0 Å². The zero-order chi connectivity index (χ0) is 27.1. The van der Waals surface area contributed by atoms with E-state index in [9.17, 15) is 9.50 Å². The van der Waals surface area contributed by atoms with Crippen molar-refractivity contribution in [2.75, 3.05) is 32.2 Å². The normalized spacial score (nSPS) is 16.1. The smallest absolute Gasteiger partial charge is 0.165 e. The number of hydrogen-bond donors (Lipinski definition) is 1. The maximum Gasteiger partial charge on any atom is 0.165 e. The summed E-state index contributed by atoms with van der Waals surface area (Å²) in [5.41, 5.74) is 1.46. The highest BCUT2D eigenvalue weighted by molar-refractivity contribution is 6.31. The van der Waals surface area contributed by atoms with Crippen molar-refractivity contribution in [1.29, 1.82) is 0 Å². The lowest BCUT2D eigenvalue weighted by Gasteiger charge is -2.47. The van der Waals surface area contributed by atoms with Crippen LogP contribution in [0.4, 0.5) is 10.2 Å². The predicted molar refractivity (Wildman–Crippen MR) is 143 cm³/mol. The summed E-state index contributed by atoms with van der Waals surface area (Å²) >= 11 is 6.60. The molecule has 0 atom stereocenters. The van der Waals surface area contributed by atoms with E-state index in [1.807, 2.05) is 18.2 Å². The number of hydrogen-bond acceptors (Lipinski definition) is 8. The Balaban J connectivity index is 1.23. The SMILES string of the molecule is COc1cccc(OC)c1-c1noc(C2CC2)c1COc1ccc(C2(O)CN(c3ncccc3F)C2)c(Cl)c1. The second-order valence-electron chi connectivity index (χ2n) is 9.81. The Morgan fingerprint density at radius 3 is 2.49 bits per heavy atom. The number of methoxy groups -OCH3 is 2. The van der Waals surface area contributed by atoms with E-state index in [-0.39, 0.29) is 25.5 Å². The number of benzene rings is 2. The van der Waals surface area contributed by atoms with Crippen molar-refractivity contribution < 1.29 is 28.2 Å². The first kappa shape index (κ1) is 25.5. The van der Waals surface area contributed by atoms with Crippen LogP contribution in [0.5, 0.6) is 17.2 Å². The molecule has 2 aromatic carbocycles. The summed E-state index contributed by atoms with van der Waals surface area (Å²) in [6.07, 6.45) is 3.58. The molecule has 1 aliphatic carbocycles. The van der Waals surface area contributed by atoms with Gasteiger partial charge in [-0.1, -0.05) is 28.9 Å². The zero-order valence-corrected chi connectivity index (χ0v) is 22.2. The fraction of sp³-hybridized carbons (Fsp3) is 0.310. The van der Waals surface area contributed by atoms with Crippen LogP contribution in [0.25, 0.3) is 11.3 Å². The molecule has 4 aromatic rings. The molecule has 0 amide bonds. The molecule has 6 rings (SSSR count). The first-order chi connectivity index (χ1) is 18.9. The predicted octanol–water partition coefficient (Wildman–Crippen LogP) is 5.71. The van der Waals surface area contributed by atoms with E-state index in [1.165, 1.54) is 18.3 Å². The molecule has 2 fully saturated rings. The Labute approximate surface area is 229 Å². The van der Waals surface area contributed by atoms with Gasteiger partial charge in [0.2, 0.25) is 0 Å². The summed E-state index contributed by atoms with van der Waals surface area (Å²) in [4.78, 5) is 5.75. The minimum absolute atomic E-state index is 0.177. The van der Waals surface area contributed by atoms with Crippen molar-refractivity contribution in [3.8, 4) is 28.5 Å². The quantitative estimate of drug-likeness (QED) is 0.283. The first-order valence-corrected chi connectivity index (χ1v) is 13.0. The maximum absolute atomic E-state index is 14.1. The molecular formula is C29H27ClFN3O5. The van der Waals surface area contributed by atoms with Crippen LogP contribution in [0.3, 0.4) is 0 Å². The molecule has 39 heavy (non-hydrogen) atoms. The molecule has 8 nitrogen and oxygen atoms in total. The molecular weight excluding hydrogens is 525 g/mol. The minimum Gasteiger partial charge on any atom is -0.496 e. The average molecular weight is 552 g/mol. The molecule has 10 heteroatoms. The number of β-amino-alcohol motifs (C(OH)–C–C–N with tert-alkyl or cyclic N) is 1. The Bertz CT molecular complexity index is 1490. The van der Waals surface area contributed by atoms with Gasteiger partial charge in [-0.25, -0.2) is 9.37 Å². The van der Waals surface area contributed by atoms with E-state index < -0.39 is 11.4 Å². The van der Waals surface area contributed by atoms with Gasteiger partial charge < -0.3 is 28.7 Å². The minimum atomic E-state index is -1.22. The van der Waals surface area contributed by atoms with E-state index in [2.05, 4.69) is 10.1 Å². The molecule has 0 unspecified atom stereocenters. The molecule has 1 saturated carbocycles. The number of rotatable bonds is 9. The highest BCUT2D eigenvalue weighted by Gasteiger charge is 2.45. The maximum atomic E-state index is 14.1. The van der Waals surface area contributed by atoms with Crippen molar-refractivity contribution in [3.63, 3.8) is 0 Å². The van der Waals surface area contributed by atoms with Gasteiger partial charge in [0.05, 0.1) is 43.5 Å². The average Bonchev–Trinajstić information content (AvgIpc) is 3.69. The molecule has 2 aromatic heterocycles. The van der Waals surface area contributed by atoms with Crippen LogP contribution in [0.1, 0.15) is 35.6 Å². The second-order valence-corrected chi connectivity index (χ2v) is 10.2. The Hall–Kier alpha value is -3.82. The van der Waals surface area contributed by atoms with Crippen LogP contribution in [0.15, 0.2) is 59.3 Å². The van der Waals surface area contributed by atoms with Gasteiger partial charge >= 0.3 is 0 Å². The van der Waals surface area contributed by atoms with Crippen molar-refractivity contribution >= 4 is 17.4 Å². The van der Waals surface area contributed by atoms with Crippen molar-refractivity contribution in [1.82, 2.24) is 10.1 Å². The Morgan fingerprint density at radius 1 is 1.10 bits per heavy atom. The Morgan fingerprint density at radius 2 is 1.85 bits per heavy atom. The molecule has 202 valence electrons. The van der Waals surface area contributed by atoms with E-state index in [0.29, 0.717) is 45.0 Å². The zero-order valence-electron chi connectivity index (χ0n) is 21.5. The van der Waals surface area contributed by atoms with Crippen LogP contribution in [0, 0.1) is 5.82 Å². The molecule has 2 aliphatic rings. The lowest BCUT2D eigenvalue weighted by Crippen LogP contribution is -2.60. The summed E-state index contributed by atoms with van der Waals surface area (Å²) in [6, 6.07) is 13.6. The number of aliphatic hydroxyl groups is 1. The van der Waals surface area contributed by atoms with Gasteiger partial charge in [-0.05, 0) is 49.2 Å². The molecule has 1 aliphatic heterocycles. The van der Waals surface area contributed by atoms with Gasteiger partial charge in [0, 0.05) is 17.7 Å². The van der Waals surface area contributed by atoms with Crippen molar-refractivity contribution in [2.24, 2.45) is 0 Å². The van der Waals surface area contributed by atoms with Gasteiger partial charge in [0.15, 0.2) is 11.6 Å². The summed E-state index contributed by atoms with van der Waals surface area (Å²) < 4.78 is 37.2. The van der Waals surface area contributed by atoms with E-state index in [4.69, 9.17) is 30.3 Å². The number of nitrogens with zero attached hydrogens (tertiary/aromatic N) is 3. The second kappa shape index (κ2) is 10.1. The first-order valence-electron chi connectivity index (χ1n) is 12.6. The lowest BCUT2D eigenvalue weighted by molar-refractivity contribution is 0.00672. The summed E-state index contributed by atoms with van der Waals surface area (Å²) in [7, 11) is 3.20. The molecule has 0 radical (unpaired) electrons. The van der Waals surface area contributed by atoms with Gasteiger partial charge in [-0.3, -0.25) is 0 Å². The molecule has 0 bridgehead atoms. The van der Waals surface area contributed by atoms with Crippen molar-refractivity contribution in [2.45, 2.75) is 31.0 Å². The van der Waals surface area contributed by atoms with E-state index in [1.54, 1.807) is 37.3 Å². The van der Waals surface area contributed by atoms with Crippen LogP contribution in [0.2, 0.25) is 5.02 Å². The lowest BCUT2D eigenvalue weighted by atomic mass is 9.86. The number of ether oxygens (including phenoxy) is 3. The monoisotopic (exact) mass is 551 g/mol. The third-order valence-corrected chi connectivity index (χ3v) is 7.51. The molecule has 0 spiro atoms. The van der Waals surface area contributed by atoms with Crippen LogP contribution >= 0.6 is 11.6 Å². The third-order valence-electron chi connectivity index (χ3n) is 7.20. The fourth-order valence-electron chi connectivity index (χ4n) is 5.04. The highest BCUT2D eigenvalue weighted by atomic mass is 35.5. The van der Waals surface area contributed by atoms with Crippen LogP contribution < -0.4 is 19.1 Å². The Kier molecular flexibility index (Phi) is 6.56. The number of aromatic nitrogens is 2. The third kappa shape index (κ3) is 4.66. The number of pyridine rings is 1. The highest BCUT2D eigenvalue weighted by Crippen LogP contribution is 2.47. The fourth-order valence-corrected chi connectivity index (χ4v) is 5.39. The van der Waals surface area contributed by atoms with Crippen LogP contribution in [-0.4, -0.2) is 42.6 Å². The molecule has 1 saturated heterocycles. The summed E-state index contributed by atoms with van der Waals surface area (Å²) in [5.74, 6) is 2.64. The topological polar surface area (TPSA) is 90.1 Å². The van der Waals surface area contributed by atoms with E-state index in [0.717, 1.165) is 24.2 Å². The summed E-state index contributed by atoms with van der Waals surface area (Å²) in [6.45, 7) is 0.547. The molecule has 1 N–H and O–H groups in total. The van der Waals surface area contributed by atoms with Gasteiger partial charge in [0.1, 0.15) is 40.9 Å². The molecule has 3 heterocycles. The van der Waals surface area contributed by atoms with Crippen molar-refractivity contribution in [3.05, 3.63) is 82.5 Å².